The van der Waals surface area contributed by atoms with Crippen LogP contribution < -0.4 is 27.0 Å². The molecule has 1 aliphatic rings. The van der Waals surface area contributed by atoms with E-state index in [9.17, 15) is 33.2 Å². The zero-order valence-electron chi connectivity index (χ0n) is 34.5. The Morgan fingerprint density at radius 3 is 2.52 bits per heavy atom. The molecule has 0 aliphatic carbocycles. The number of hydrogen-bond acceptors (Lipinski definition) is 20. The summed E-state index contributed by atoms with van der Waals surface area (Å²) in [6, 6.07) is 0. The van der Waals surface area contributed by atoms with Crippen LogP contribution in [0.2, 0.25) is 0 Å². The van der Waals surface area contributed by atoms with Crippen LogP contribution in [0.5, 0.6) is 0 Å². The Kier molecular flexibility index (Phi) is 32.3. The number of phosphoric acid groups is 1. The van der Waals surface area contributed by atoms with Gasteiger partial charge in [-0.3, -0.25) is 24.0 Å². The second kappa shape index (κ2) is 35.2. The largest absolute Gasteiger partial charge is 0.479 e. The molecule has 0 aromatic carbocycles. The van der Waals surface area contributed by atoms with E-state index in [-0.39, 0.29) is 62.6 Å². The SMILES string of the molecule is CC(C)(CCOC(=O)NCCOCCOCCN)SSCOCCCCOC(=O)NCC#C/C(=C/NC[C@H]1CC(OCN=[N+]=[N-])[C@@H](CCOP(=O)(O)O[PH](=O)O)O1)C(=O)NC=O. The topological polar surface area (TPSA) is 349 Å². The Labute approximate surface area is 368 Å². The number of carbonyl (C=O) groups excluding carboxylic acids is 4. The van der Waals surface area contributed by atoms with E-state index in [1.165, 1.54) is 17.0 Å². The molecule has 25 nitrogen and oxygen atoms in total. The van der Waals surface area contributed by atoms with Crippen molar-refractivity contribution in [3.8, 4) is 11.8 Å². The van der Waals surface area contributed by atoms with Crippen molar-refractivity contribution >= 4 is 62.2 Å². The van der Waals surface area contributed by atoms with Crippen molar-refractivity contribution in [1.29, 1.82) is 0 Å². The number of alkyl carbamates (subject to hydrolysis) is 2. The zero-order valence-corrected chi connectivity index (χ0v) is 38.1. The van der Waals surface area contributed by atoms with E-state index in [1.807, 2.05) is 19.2 Å². The summed E-state index contributed by atoms with van der Waals surface area (Å²) >= 11 is 0. The van der Waals surface area contributed by atoms with Gasteiger partial charge in [-0.25, -0.2) is 18.5 Å². The normalized spacial score (nSPS) is 17.6. The number of rotatable bonds is 35. The van der Waals surface area contributed by atoms with Crippen molar-refractivity contribution < 1.29 is 80.1 Å². The zero-order chi connectivity index (χ0) is 45.9. The Balaban J connectivity index is 2.32. The van der Waals surface area contributed by atoms with E-state index < -0.39 is 59.1 Å². The fourth-order valence-electron chi connectivity index (χ4n) is 4.68. The monoisotopic (exact) mass is 964 g/mol. The van der Waals surface area contributed by atoms with E-state index in [1.54, 1.807) is 10.8 Å². The van der Waals surface area contributed by atoms with Crippen LogP contribution in [0.1, 0.15) is 46.0 Å². The minimum atomic E-state index is -4.78. The minimum absolute atomic E-state index is 0.0100. The molecule has 62 heavy (non-hydrogen) atoms. The lowest BCUT2D eigenvalue weighted by Crippen LogP contribution is -2.29. The molecule has 0 radical (unpaired) electrons. The molecule has 0 bridgehead atoms. The predicted molar refractivity (Wildman–Crippen MR) is 226 cm³/mol. The molecule has 5 atom stereocenters. The lowest BCUT2D eigenvalue weighted by molar-refractivity contribution is -0.122. The number of nitrogens with zero attached hydrogens (tertiary/aromatic N) is 3. The highest BCUT2D eigenvalue weighted by atomic mass is 33.1. The van der Waals surface area contributed by atoms with Crippen molar-refractivity contribution in [1.82, 2.24) is 21.3 Å². The molecule has 0 saturated carbocycles. The van der Waals surface area contributed by atoms with Gasteiger partial charge in [0.1, 0.15) is 18.2 Å². The van der Waals surface area contributed by atoms with Gasteiger partial charge in [-0.05, 0) is 38.6 Å². The van der Waals surface area contributed by atoms with Crippen molar-refractivity contribution in [2.75, 3.05) is 91.7 Å². The van der Waals surface area contributed by atoms with Crippen LogP contribution in [0.3, 0.4) is 0 Å². The average molecular weight is 965 g/mol. The highest BCUT2D eigenvalue weighted by Gasteiger charge is 2.36. The van der Waals surface area contributed by atoms with Crippen molar-refractivity contribution in [2.24, 2.45) is 10.8 Å². The fourth-order valence-corrected chi connectivity index (χ4v) is 8.29. The molecule has 1 rings (SSSR count). The summed E-state index contributed by atoms with van der Waals surface area (Å²) in [4.78, 5) is 68.0. The van der Waals surface area contributed by atoms with Crippen LogP contribution >= 0.6 is 37.7 Å². The molecule has 0 aromatic rings. The quantitative estimate of drug-likeness (QED) is 0.00457. The molecule has 354 valence electrons. The number of unbranched alkanes of at least 4 members (excludes halogenated alkanes) is 1. The number of nitrogens with two attached hydrogens (primary N) is 1. The first-order valence-electron chi connectivity index (χ1n) is 19.1. The number of phosphoric ester groups is 1. The summed E-state index contributed by atoms with van der Waals surface area (Å²) in [5.74, 6) is 4.78. The highest BCUT2D eigenvalue weighted by molar-refractivity contribution is 8.77. The van der Waals surface area contributed by atoms with Gasteiger partial charge in [-0.1, -0.05) is 38.5 Å². The molecule has 8 N–H and O–H groups in total. The number of carbonyl (C=O) groups is 4. The molecule has 1 heterocycles. The molecule has 3 unspecified atom stereocenters. The summed E-state index contributed by atoms with van der Waals surface area (Å²) in [6.45, 7) is 6.61. The molecule has 1 saturated heterocycles. The third-order valence-corrected chi connectivity index (χ3v) is 12.6. The number of hydrogen-bond donors (Lipinski definition) is 7. The van der Waals surface area contributed by atoms with E-state index in [0.717, 1.165) is 0 Å². The minimum Gasteiger partial charge on any atom is -0.450 e. The van der Waals surface area contributed by atoms with E-state index >= 15 is 0 Å². The first kappa shape index (κ1) is 56.9. The number of amides is 4. The molecule has 4 amide bonds. The Bertz CT molecular complexity index is 1560. The molecule has 29 heteroatoms. The van der Waals surface area contributed by atoms with Gasteiger partial charge < -0.3 is 64.6 Å². The summed E-state index contributed by atoms with van der Waals surface area (Å²) in [5.41, 5.74) is 13.7. The van der Waals surface area contributed by atoms with Gasteiger partial charge in [0.2, 0.25) is 6.41 Å². The van der Waals surface area contributed by atoms with Gasteiger partial charge >= 0.3 is 28.3 Å². The second-order valence-electron chi connectivity index (χ2n) is 12.9. The van der Waals surface area contributed by atoms with Crippen molar-refractivity contribution in [3.63, 3.8) is 0 Å². The Morgan fingerprint density at radius 1 is 1.06 bits per heavy atom. The van der Waals surface area contributed by atoms with Crippen LogP contribution in [-0.2, 0) is 60.7 Å². The maximum absolute atomic E-state index is 12.4. The van der Waals surface area contributed by atoms with Crippen LogP contribution in [-0.4, -0.2) is 149 Å². The smallest absolute Gasteiger partial charge is 0.450 e. The summed E-state index contributed by atoms with van der Waals surface area (Å²) in [6.07, 6.45) is 0.373. The van der Waals surface area contributed by atoms with E-state index in [0.29, 0.717) is 71.3 Å². The van der Waals surface area contributed by atoms with E-state index in [4.69, 9.17) is 49.3 Å². The van der Waals surface area contributed by atoms with Gasteiger partial charge in [0.05, 0.1) is 71.1 Å². The van der Waals surface area contributed by atoms with Crippen molar-refractivity contribution in [3.05, 3.63) is 22.2 Å². The van der Waals surface area contributed by atoms with Gasteiger partial charge in [0.25, 0.3) is 5.91 Å². The lowest BCUT2D eigenvalue weighted by atomic mass is 10.1. The summed E-state index contributed by atoms with van der Waals surface area (Å²) in [5, 5.41) is 13.2. The molecular formula is C33H58N8O17P2S2. The number of ether oxygens (including phenoxy) is 7. The standard InChI is InChI=1S/C33H58N8O17P2S2/c1-33(2,8-15-54-32(45)38-11-17-51-19-18-50-16-9-34)62-61-25-52-12-3-4-13-53-31(44)37-10-5-6-26(30(43)39-23-42)21-36-22-27-20-29(55-24-40-41-35)28(57-27)7-14-56-60(48,49)58-59(46)47/h21,23,27-29,36,59H,3-4,7-20,22,24-25,34H2,1-2H3,(H,37,44)(H,38,45)(H,46,47)(H,48,49)(H,39,42,43)/b26-21-/t27-,28-,29?/m1/s1. The predicted octanol–water partition coefficient (Wildman–Crippen LogP) is 2.20. The Hall–Kier alpha value is -3.15. The van der Waals surface area contributed by atoms with E-state index in [2.05, 4.69) is 46.7 Å². The third kappa shape index (κ3) is 30.8. The summed E-state index contributed by atoms with van der Waals surface area (Å²) in [7, 11) is -5.35. The molecule has 0 spiro atoms. The average Bonchev–Trinajstić information content (AvgIpc) is 3.59. The fraction of sp³-hybridized carbons (Fsp3) is 0.758. The van der Waals surface area contributed by atoms with Gasteiger partial charge in [0.15, 0.2) is 0 Å². The molecular weight excluding hydrogens is 906 g/mol. The highest BCUT2D eigenvalue weighted by Crippen LogP contribution is 2.50. The third-order valence-electron chi connectivity index (χ3n) is 7.53. The maximum Gasteiger partial charge on any atom is 0.479 e. The Morgan fingerprint density at radius 2 is 1.79 bits per heavy atom. The van der Waals surface area contributed by atoms with Crippen LogP contribution in [0.4, 0.5) is 9.59 Å². The first-order valence-corrected chi connectivity index (χ1v) is 24.2. The van der Waals surface area contributed by atoms with Crippen LogP contribution in [0.15, 0.2) is 16.9 Å². The number of imide groups is 1. The van der Waals surface area contributed by atoms with Gasteiger partial charge in [0, 0.05) is 54.9 Å². The molecule has 1 aliphatic heterocycles. The lowest BCUT2D eigenvalue weighted by Gasteiger charge is -2.22. The second-order valence-corrected chi connectivity index (χ2v) is 18.3. The maximum atomic E-state index is 12.4. The van der Waals surface area contributed by atoms with Crippen molar-refractivity contribution in [2.45, 2.75) is 69.0 Å². The first-order chi connectivity index (χ1) is 29.7. The molecule has 1 fully saturated rings. The van der Waals surface area contributed by atoms with Crippen LogP contribution in [0.25, 0.3) is 10.4 Å². The van der Waals surface area contributed by atoms with Gasteiger partial charge in [-0.15, -0.1) is 0 Å². The summed E-state index contributed by atoms with van der Waals surface area (Å²) < 4.78 is 68.9. The van der Waals surface area contributed by atoms with Gasteiger partial charge in [-0.2, -0.15) is 0 Å². The molecule has 0 aromatic heterocycles. The number of nitrogens with one attached hydrogen (secondary N) is 4. The number of azide groups is 1. The van der Waals surface area contributed by atoms with Crippen LogP contribution in [0, 0.1) is 11.8 Å².